The molecular weight excluding hydrogens is 312 g/mol. The fraction of sp³-hybridized carbons (Fsp3) is 0.118. The van der Waals surface area contributed by atoms with E-state index in [0.29, 0.717) is 17.1 Å². The van der Waals surface area contributed by atoms with Gasteiger partial charge in [-0.15, -0.1) is 0 Å². The number of rotatable bonds is 4. The summed E-state index contributed by atoms with van der Waals surface area (Å²) in [4.78, 5) is 16.2. The van der Waals surface area contributed by atoms with Crippen LogP contribution in [0.5, 0.6) is 0 Å². The number of amides is 1. The molecule has 0 spiro atoms. The van der Waals surface area contributed by atoms with Crippen molar-refractivity contribution >= 4 is 23.2 Å². The lowest BCUT2D eigenvalue weighted by molar-refractivity contribution is 0.102. The summed E-state index contributed by atoms with van der Waals surface area (Å²) in [5.74, 6) is -0.150. The van der Waals surface area contributed by atoms with Gasteiger partial charge in [0.05, 0.1) is 6.54 Å². The van der Waals surface area contributed by atoms with Crippen LogP contribution in [0, 0.1) is 6.92 Å². The Kier molecular flexibility index (Phi) is 4.39. The first-order chi connectivity index (χ1) is 11.1. The number of aromatic nitrogens is 3. The molecule has 2 aromatic carbocycles. The van der Waals surface area contributed by atoms with Crippen molar-refractivity contribution < 1.29 is 4.79 Å². The Morgan fingerprint density at radius 2 is 2.00 bits per heavy atom. The van der Waals surface area contributed by atoms with E-state index in [2.05, 4.69) is 15.4 Å². The molecule has 0 saturated carbocycles. The Hall–Kier alpha value is -2.66. The zero-order chi connectivity index (χ0) is 16.2. The van der Waals surface area contributed by atoms with Gasteiger partial charge in [0.2, 0.25) is 0 Å². The van der Waals surface area contributed by atoms with E-state index in [9.17, 15) is 4.79 Å². The van der Waals surface area contributed by atoms with Crippen LogP contribution < -0.4 is 5.32 Å². The molecule has 1 amide bonds. The van der Waals surface area contributed by atoms with Gasteiger partial charge in [0.25, 0.3) is 5.91 Å². The van der Waals surface area contributed by atoms with Crippen molar-refractivity contribution in [1.82, 2.24) is 14.8 Å². The number of carbonyl (C=O) groups is 1. The van der Waals surface area contributed by atoms with Crippen LogP contribution in [-0.2, 0) is 6.54 Å². The highest BCUT2D eigenvalue weighted by molar-refractivity contribution is 6.30. The zero-order valence-corrected chi connectivity index (χ0v) is 13.3. The van der Waals surface area contributed by atoms with Gasteiger partial charge in [-0.25, -0.2) is 9.67 Å². The molecular formula is C17H15ClN4O. The number of aryl methyl sites for hydroxylation is 1. The standard InChI is InChI=1S/C17H15ClN4O/c1-12-8-15(18)6-7-16(12)21-17(23)14-4-2-13(3-5-14)9-22-11-19-10-20-22/h2-8,10-11H,9H2,1H3,(H,21,23). The number of nitrogens with zero attached hydrogens (tertiary/aromatic N) is 3. The molecule has 5 nitrogen and oxygen atoms in total. The highest BCUT2D eigenvalue weighted by Gasteiger charge is 2.08. The first kappa shape index (κ1) is 15.2. The van der Waals surface area contributed by atoms with E-state index in [-0.39, 0.29) is 5.91 Å². The van der Waals surface area contributed by atoms with Gasteiger partial charge < -0.3 is 5.32 Å². The maximum Gasteiger partial charge on any atom is 0.255 e. The molecule has 6 heteroatoms. The van der Waals surface area contributed by atoms with Crippen molar-refractivity contribution in [3.63, 3.8) is 0 Å². The minimum Gasteiger partial charge on any atom is -0.322 e. The minimum atomic E-state index is -0.150. The molecule has 3 rings (SSSR count). The summed E-state index contributed by atoms with van der Waals surface area (Å²) in [6.45, 7) is 2.53. The quantitative estimate of drug-likeness (QED) is 0.797. The lowest BCUT2D eigenvalue weighted by Crippen LogP contribution is -2.13. The number of carbonyl (C=O) groups excluding carboxylic acids is 1. The third kappa shape index (κ3) is 3.76. The number of anilines is 1. The molecule has 1 aromatic heterocycles. The van der Waals surface area contributed by atoms with Gasteiger partial charge in [-0.3, -0.25) is 4.79 Å². The minimum absolute atomic E-state index is 0.150. The van der Waals surface area contributed by atoms with Gasteiger partial charge in [-0.1, -0.05) is 23.7 Å². The molecule has 3 aromatic rings. The number of halogens is 1. The van der Waals surface area contributed by atoms with Crippen LogP contribution in [0.3, 0.4) is 0 Å². The maximum absolute atomic E-state index is 12.3. The van der Waals surface area contributed by atoms with Crippen molar-refractivity contribution in [2.24, 2.45) is 0 Å². The average Bonchev–Trinajstić information content (AvgIpc) is 3.04. The number of hydrogen-bond acceptors (Lipinski definition) is 3. The molecule has 23 heavy (non-hydrogen) atoms. The summed E-state index contributed by atoms with van der Waals surface area (Å²) in [5, 5.41) is 7.60. The molecule has 1 N–H and O–H groups in total. The predicted molar refractivity (Wildman–Crippen MR) is 89.7 cm³/mol. The van der Waals surface area contributed by atoms with Crippen LogP contribution in [0.4, 0.5) is 5.69 Å². The average molecular weight is 327 g/mol. The normalized spacial score (nSPS) is 10.5. The fourth-order valence-corrected chi connectivity index (χ4v) is 2.45. The van der Waals surface area contributed by atoms with Crippen LogP contribution in [0.1, 0.15) is 21.5 Å². The van der Waals surface area contributed by atoms with E-state index < -0.39 is 0 Å². The smallest absolute Gasteiger partial charge is 0.255 e. The van der Waals surface area contributed by atoms with Crippen molar-refractivity contribution in [3.05, 3.63) is 76.8 Å². The first-order valence-electron chi connectivity index (χ1n) is 7.11. The summed E-state index contributed by atoms with van der Waals surface area (Å²) in [5.41, 5.74) is 3.33. The summed E-state index contributed by atoms with van der Waals surface area (Å²) in [6, 6.07) is 12.8. The van der Waals surface area contributed by atoms with Gasteiger partial charge in [0.15, 0.2) is 0 Å². The Morgan fingerprint density at radius 1 is 1.22 bits per heavy atom. The lowest BCUT2D eigenvalue weighted by atomic mass is 10.1. The predicted octanol–water partition coefficient (Wildman–Crippen LogP) is 3.54. The lowest BCUT2D eigenvalue weighted by Gasteiger charge is -2.09. The van der Waals surface area contributed by atoms with E-state index in [1.165, 1.54) is 6.33 Å². The molecule has 0 aliphatic heterocycles. The fourth-order valence-electron chi connectivity index (χ4n) is 2.22. The van der Waals surface area contributed by atoms with Gasteiger partial charge in [0.1, 0.15) is 12.7 Å². The molecule has 1 heterocycles. The van der Waals surface area contributed by atoms with E-state index in [4.69, 9.17) is 11.6 Å². The van der Waals surface area contributed by atoms with Crippen molar-refractivity contribution in [2.45, 2.75) is 13.5 Å². The van der Waals surface area contributed by atoms with Crippen molar-refractivity contribution in [1.29, 1.82) is 0 Å². The molecule has 0 fully saturated rings. The molecule has 0 aliphatic carbocycles. The molecule has 0 radical (unpaired) electrons. The van der Waals surface area contributed by atoms with Gasteiger partial charge in [-0.2, -0.15) is 5.10 Å². The van der Waals surface area contributed by atoms with E-state index in [1.807, 2.05) is 25.1 Å². The van der Waals surface area contributed by atoms with Crippen LogP contribution in [0.2, 0.25) is 5.02 Å². The topological polar surface area (TPSA) is 59.8 Å². The van der Waals surface area contributed by atoms with Crippen LogP contribution in [-0.4, -0.2) is 20.7 Å². The second-order valence-electron chi connectivity index (χ2n) is 5.20. The summed E-state index contributed by atoms with van der Waals surface area (Å²) in [6.07, 6.45) is 3.15. The Balaban J connectivity index is 1.70. The van der Waals surface area contributed by atoms with Crippen LogP contribution >= 0.6 is 11.6 Å². The second kappa shape index (κ2) is 6.62. The molecule has 0 atom stereocenters. The largest absolute Gasteiger partial charge is 0.322 e. The third-order valence-corrected chi connectivity index (χ3v) is 3.70. The highest BCUT2D eigenvalue weighted by atomic mass is 35.5. The van der Waals surface area contributed by atoms with Crippen molar-refractivity contribution in [3.8, 4) is 0 Å². The van der Waals surface area contributed by atoms with Crippen LogP contribution in [0.15, 0.2) is 55.1 Å². The number of nitrogens with one attached hydrogen (secondary N) is 1. The van der Waals surface area contributed by atoms with E-state index in [0.717, 1.165) is 16.8 Å². The SMILES string of the molecule is Cc1cc(Cl)ccc1NC(=O)c1ccc(Cn2cncn2)cc1. The van der Waals surface area contributed by atoms with Crippen molar-refractivity contribution in [2.75, 3.05) is 5.32 Å². The zero-order valence-electron chi connectivity index (χ0n) is 12.5. The third-order valence-electron chi connectivity index (χ3n) is 3.46. The van der Waals surface area contributed by atoms with E-state index in [1.54, 1.807) is 35.3 Å². The van der Waals surface area contributed by atoms with Gasteiger partial charge >= 0.3 is 0 Å². The second-order valence-corrected chi connectivity index (χ2v) is 5.64. The molecule has 0 bridgehead atoms. The summed E-state index contributed by atoms with van der Waals surface area (Å²) < 4.78 is 1.73. The van der Waals surface area contributed by atoms with Gasteiger partial charge in [-0.05, 0) is 48.4 Å². The van der Waals surface area contributed by atoms with Crippen LogP contribution in [0.25, 0.3) is 0 Å². The number of hydrogen-bond donors (Lipinski definition) is 1. The monoisotopic (exact) mass is 326 g/mol. The number of benzene rings is 2. The molecule has 0 aliphatic rings. The Bertz CT molecular complexity index is 813. The first-order valence-corrected chi connectivity index (χ1v) is 7.48. The van der Waals surface area contributed by atoms with E-state index >= 15 is 0 Å². The molecule has 0 saturated heterocycles. The highest BCUT2D eigenvalue weighted by Crippen LogP contribution is 2.20. The summed E-state index contributed by atoms with van der Waals surface area (Å²) >= 11 is 5.92. The molecule has 0 unspecified atom stereocenters. The Labute approximate surface area is 138 Å². The summed E-state index contributed by atoms with van der Waals surface area (Å²) in [7, 11) is 0. The van der Waals surface area contributed by atoms with Gasteiger partial charge in [0, 0.05) is 16.3 Å². The Morgan fingerprint density at radius 3 is 2.65 bits per heavy atom. The maximum atomic E-state index is 12.3. The molecule has 116 valence electrons.